The van der Waals surface area contributed by atoms with Gasteiger partial charge in [0.1, 0.15) is 6.54 Å². The smallest absolute Gasteiger partial charge is 0.140 e. The summed E-state index contributed by atoms with van der Waals surface area (Å²) in [6.07, 6.45) is 18.1. The highest BCUT2D eigenvalue weighted by Crippen LogP contribution is 2.32. The van der Waals surface area contributed by atoms with E-state index >= 15 is 0 Å². The first-order valence-electron chi connectivity index (χ1n) is 6.91. The van der Waals surface area contributed by atoms with Gasteiger partial charge in [-0.25, -0.2) is 0 Å². The van der Waals surface area contributed by atoms with Crippen LogP contribution in [0.5, 0.6) is 0 Å². The Morgan fingerprint density at radius 2 is 1.94 bits per heavy atom. The minimum Gasteiger partial charge on any atom is -0.312 e. The van der Waals surface area contributed by atoms with Crippen LogP contribution in [0.15, 0.2) is 24.3 Å². The predicted octanol–water partition coefficient (Wildman–Crippen LogP) is 3.95. The molecule has 0 amide bonds. The van der Waals surface area contributed by atoms with Gasteiger partial charge in [0.05, 0.1) is 23.1 Å². The van der Waals surface area contributed by atoms with E-state index in [1.807, 2.05) is 0 Å². The third kappa shape index (κ3) is 4.44. The van der Waals surface area contributed by atoms with Gasteiger partial charge in [-0.3, -0.25) is 0 Å². The molecule has 0 fully saturated rings. The third-order valence-corrected chi connectivity index (χ3v) is 4.66. The van der Waals surface area contributed by atoms with Crippen LogP contribution >= 0.6 is 22.6 Å². The SMILES string of the molecule is C#CC[N+](CCC)(CCC)CC1(I)C=CC=CC1. The predicted molar refractivity (Wildman–Crippen MR) is 88.8 cm³/mol. The van der Waals surface area contributed by atoms with Gasteiger partial charge in [-0.2, -0.15) is 0 Å². The molecule has 1 nitrogen and oxygen atoms in total. The summed E-state index contributed by atoms with van der Waals surface area (Å²) in [5.74, 6) is 2.91. The molecule has 1 unspecified atom stereocenters. The second-order valence-electron chi connectivity index (χ2n) is 5.34. The Balaban J connectivity index is 2.85. The van der Waals surface area contributed by atoms with E-state index in [4.69, 9.17) is 6.42 Å². The second-order valence-corrected chi connectivity index (χ2v) is 7.48. The average Bonchev–Trinajstić information content (AvgIpc) is 2.30. The Morgan fingerprint density at radius 3 is 2.39 bits per heavy atom. The van der Waals surface area contributed by atoms with Crippen molar-refractivity contribution in [1.82, 2.24) is 0 Å². The Morgan fingerprint density at radius 1 is 1.28 bits per heavy atom. The van der Waals surface area contributed by atoms with Crippen LogP contribution in [0.4, 0.5) is 0 Å². The molecule has 0 spiro atoms. The molecule has 18 heavy (non-hydrogen) atoms. The Hall–Kier alpha value is -0.270. The molecule has 1 rings (SSSR count). The first kappa shape index (κ1) is 15.8. The van der Waals surface area contributed by atoms with Crippen LogP contribution < -0.4 is 0 Å². The Labute approximate surface area is 126 Å². The Bertz CT molecular complexity index is 345. The molecule has 1 aliphatic rings. The molecular formula is C16H25IN+. The van der Waals surface area contributed by atoms with Crippen LogP contribution in [-0.2, 0) is 0 Å². The number of hydrogen-bond acceptors (Lipinski definition) is 0. The number of rotatable bonds is 7. The summed E-state index contributed by atoms with van der Waals surface area (Å²) < 4.78 is 1.32. The lowest BCUT2D eigenvalue weighted by atomic mass is 9.98. The van der Waals surface area contributed by atoms with Gasteiger partial charge in [0, 0.05) is 0 Å². The van der Waals surface area contributed by atoms with E-state index in [1.54, 1.807) is 0 Å². The lowest BCUT2D eigenvalue weighted by molar-refractivity contribution is -0.922. The van der Waals surface area contributed by atoms with Gasteiger partial charge >= 0.3 is 0 Å². The molecule has 0 aromatic carbocycles. The highest BCUT2D eigenvalue weighted by Gasteiger charge is 2.36. The number of hydrogen-bond donors (Lipinski definition) is 0. The van der Waals surface area contributed by atoms with Crippen molar-refractivity contribution in [2.75, 3.05) is 26.2 Å². The van der Waals surface area contributed by atoms with Gasteiger partial charge in [0.15, 0.2) is 0 Å². The van der Waals surface area contributed by atoms with Crippen molar-refractivity contribution in [3.05, 3.63) is 24.3 Å². The quantitative estimate of drug-likeness (QED) is 0.280. The number of alkyl halides is 1. The van der Waals surface area contributed by atoms with Gasteiger partial charge < -0.3 is 4.48 Å². The molecule has 0 radical (unpaired) electrons. The van der Waals surface area contributed by atoms with Crippen LogP contribution in [0.3, 0.4) is 0 Å². The van der Waals surface area contributed by atoms with Gasteiger partial charge in [-0.1, -0.05) is 60.7 Å². The fourth-order valence-electron chi connectivity index (χ4n) is 2.94. The van der Waals surface area contributed by atoms with Crippen molar-refractivity contribution < 1.29 is 4.48 Å². The minimum atomic E-state index is 0.244. The highest BCUT2D eigenvalue weighted by molar-refractivity contribution is 14.1. The van der Waals surface area contributed by atoms with Crippen LogP contribution in [0.1, 0.15) is 33.1 Å². The number of quaternary nitrogens is 1. The van der Waals surface area contributed by atoms with Crippen molar-refractivity contribution in [2.45, 2.75) is 36.5 Å². The molecule has 0 aromatic rings. The normalized spacial score (nSPS) is 23.0. The summed E-state index contributed by atoms with van der Waals surface area (Å²) in [6, 6.07) is 0. The maximum Gasteiger partial charge on any atom is 0.140 e. The molecule has 0 aromatic heterocycles. The molecule has 0 aliphatic heterocycles. The fraction of sp³-hybridized carbons (Fsp3) is 0.625. The lowest BCUT2D eigenvalue weighted by Gasteiger charge is -2.42. The van der Waals surface area contributed by atoms with Gasteiger partial charge in [0.2, 0.25) is 0 Å². The number of nitrogens with zero attached hydrogens (tertiary/aromatic N) is 1. The molecule has 2 heteroatoms. The topological polar surface area (TPSA) is 0 Å². The van der Waals surface area contributed by atoms with E-state index in [0.29, 0.717) is 0 Å². The monoisotopic (exact) mass is 358 g/mol. The number of halogens is 1. The maximum atomic E-state index is 5.62. The molecule has 0 heterocycles. The van der Waals surface area contributed by atoms with E-state index in [1.165, 1.54) is 25.9 Å². The molecule has 100 valence electrons. The number of allylic oxidation sites excluding steroid dienone is 3. The van der Waals surface area contributed by atoms with Crippen molar-refractivity contribution in [3.63, 3.8) is 0 Å². The maximum absolute atomic E-state index is 5.62. The summed E-state index contributed by atoms with van der Waals surface area (Å²) in [7, 11) is 0. The summed E-state index contributed by atoms with van der Waals surface area (Å²) in [5.41, 5.74) is 0. The highest BCUT2D eigenvalue weighted by atomic mass is 127. The van der Waals surface area contributed by atoms with Crippen molar-refractivity contribution in [2.24, 2.45) is 0 Å². The average molecular weight is 358 g/mol. The molecule has 1 aliphatic carbocycles. The largest absolute Gasteiger partial charge is 0.312 e. The summed E-state index contributed by atoms with van der Waals surface area (Å²) in [5, 5.41) is 0. The van der Waals surface area contributed by atoms with Crippen LogP contribution in [-0.4, -0.2) is 34.1 Å². The van der Waals surface area contributed by atoms with Crippen LogP contribution in [0.25, 0.3) is 0 Å². The van der Waals surface area contributed by atoms with E-state index < -0.39 is 0 Å². The summed E-state index contributed by atoms with van der Waals surface area (Å²) >= 11 is 2.61. The molecule has 0 saturated heterocycles. The first-order valence-corrected chi connectivity index (χ1v) is 7.99. The zero-order valence-corrected chi connectivity index (χ0v) is 13.8. The van der Waals surface area contributed by atoms with E-state index in [2.05, 4.69) is 66.7 Å². The van der Waals surface area contributed by atoms with Crippen LogP contribution in [0.2, 0.25) is 0 Å². The van der Waals surface area contributed by atoms with E-state index in [-0.39, 0.29) is 3.42 Å². The van der Waals surface area contributed by atoms with Crippen molar-refractivity contribution >= 4 is 22.6 Å². The first-order chi connectivity index (χ1) is 8.60. The minimum absolute atomic E-state index is 0.244. The lowest BCUT2D eigenvalue weighted by Crippen LogP contribution is -2.55. The molecule has 0 saturated carbocycles. The standard InChI is InChI=1S/C16H25IN/c1-4-12-18(13-5-2,14-6-3)15-16(17)10-8-7-9-11-16/h1,7-10H,5-6,11-15H2,2-3H3/q+1. The molecule has 0 bridgehead atoms. The fourth-order valence-corrected chi connectivity index (χ4v) is 4.13. The summed E-state index contributed by atoms with van der Waals surface area (Å²) in [4.78, 5) is 0. The van der Waals surface area contributed by atoms with Gasteiger partial charge in [-0.05, 0) is 25.2 Å². The zero-order chi connectivity index (χ0) is 13.5. The third-order valence-electron chi connectivity index (χ3n) is 3.52. The molecule has 0 N–H and O–H groups in total. The second kappa shape index (κ2) is 7.35. The summed E-state index contributed by atoms with van der Waals surface area (Å²) in [6.45, 7) is 8.93. The molecular weight excluding hydrogens is 333 g/mol. The van der Waals surface area contributed by atoms with Crippen LogP contribution in [0, 0.1) is 12.3 Å². The number of terminal acetylenes is 1. The van der Waals surface area contributed by atoms with E-state index in [0.717, 1.165) is 24.0 Å². The van der Waals surface area contributed by atoms with E-state index in [9.17, 15) is 0 Å². The molecule has 1 atom stereocenters. The van der Waals surface area contributed by atoms with Crippen molar-refractivity contribution in [1.29, 1.82) is 0 Å². The Kier molecular flexibility index (Phi) is 6.45. The zero-order valence-electron chi connectivity index (χ0n) is 11.7. The van der Waals surface area contributed by atoms with Gasteiger partial charge in [-0.15, -0.1) is 6.42 Å². The van der Waals surface area contributed by atoms with Gasteiger partial charge in [0.25, 0.3) is 0 Å². The van der Waals surface area contributed by atoms with Crippen molar-refractivity contribution in [3.8, 4) is 12.3 Å².